The number of aliphatic hydroxyl groups excluding tert-OH is 1. The van der Waals surface area contributed by atoms with E-state index in [1.54, 1.807) is 6.07 Å². The molecule has 1 saturated heterocycles. The second-order valence-corrected chi connectivity index (χ2v) is 11.6. The second kappa shape index (κ2) is 14.0. The van der Waals surface area contributed by atoms with Crippen LogP contribution in [0.3, 0.4) is 0 Å². The zero-order valence-electron chi connectivity index (χ0n) is 24.9. The topological polar surface area (TPSA) is 138 Å². The van der Waals surface area contributed by atoms with Crippen molar-refractivity contribution in [2.45, 2.75) is 71.1 Å². The number of amides is 1. The summed E-state index contributed by atoms with van der Waals surface area (Å²) in [6, 6.07) is 15.4. The number of fused-ring (bicyclic) bond motifs is 3. The molecule has 1 aliphatic rings. The van der Waals surface area contributed by atoms with E-state index in [1.807, 2.05) is 41.3 Å². The fourth-order valence-corrected chi connectivity index (χ4v) is 5.98. The number of para-hydroxylation sites is 1. The van der Waals surface area contributed by atoms with Gasteiger partial charge in [0.2, 0.25) is 5.91 Å². The normalized spacial score (nSPS) is 14.5. The first kappa shape index (κ1) is 30.4. The first-order chi connectivity index (χ1) is 20.8. The largest absolute Gasteiger partial charge is 0.481 e. The van der Waals surface area contributed by atoms with E-state index in [2.05, 4.69) is 27.4 Å². The maximum atomic E-state index is 13.7. The maximum Gasteiger partial charge on any atom is 0.307 e. The van der Waals surface area contributed by atoms with E-state index < -0.39 is 5.97 Å². The smallest absolute Gasteiger partial charge is 0.307 e. The van der Waals surface area contributed by atoms with Crippen molar-refractivity contribution in [3.8, 4) is 0 Å². The van der Waals surface area contributed by atoms with Crippen LogP contribution in [-0.2, 0) is 35.5 Å². The van der Waals surface area contributed by atoms with Crippen LogP contribution in [-0.4, -0.2) is 78.7 Å². The molecule has 0 spiro atoms. The number of nitrogens with zero attached hydrogens (tertiary/aromatic N) is 5. The Morgan fingerprint density at radius 2 is 1.81 bits per heavy atom. The fourth-order valence-electron chi connectivity index (χ4n) is 5.98. The van der Waals surface area contributed by atoms with Crippen molar-refractivity contribution in [1.29, 1.82) is 0 Å². The second-order valence-electron chi connectivity index (χ2n) is 11.6. The Kier molecular flexibility index (Phi) is 9.89. The van der Waals surface area contributed by atoms with Gasteiger partial charge >= 0.3 is 5.97 Å². The number of pyridine rings is 1. The number of nitrogens with two attached hydrogens (primary N) is 1. The number of anilines is 1. The van der Waals surface area contributed by atoms with Gasteiger partial charge in [-0.1, -0.05) is 55.8 Å². The number of aromatic nitrogens is 3. The number of rotatable bonds is 13. The van der Waals surface area contributed by atoms with Crippen molar-refractivity contribution >= 4 is 39.6 Å². The highest BCUT2D eigenvalue weighted by atomic mass is 16.4. The summed E-state index contributed by atoms with van der Waals surface area (Å²) in [5.41, 5.74) is 10.5. The van der Waals surface area contributed by atoms with Crippen molar-refractivity contribution in [2.24, 2.45) is 0 Å². The number of hydrogen-bond donors (Lipinski definition) is 3. The average molecular weight is 587 g/mol. The third-order valence-corrected chi connectivity index (χ3v) is 8.24. The van der Waals surface area contributed by atoms with E-state index in [9.17, 15) is 19.8 Å². The Labute approximate surface area is 252 Å². The van der Waals surface area contributed by atoms with E-state index in [-0.39, 0.29) is 18.4 Å². The zero-order chi connectivity index (χ0) is 30.3. The standard InChI is InChI=1S/C33H42N6O4/c1-2-3-12-28-36-31-32(26-10-4-5-11-27(26)35-33(31)34)39(28)16-7-15-38(29(41)22-37-17-13-25(40)14-18-37)21-24-9-6-8-23(19-24)20-30(42)43/h4-6,8-11,19,25,40H,2-3,7,12-18,20-22H2,1H3,(H2,34,35)(H,42,43). The number of carboxylic acids is 1. The van der Waals surface area contributed by atoms with Crippen LogP contribution in [0.1, 0.15) is 56.0 Å². The lowest BCUT2D eigenvalue weighted by Crippen LogP contribution is -2.44. The number of benzene rings is 2. The number of nitrogen functional groups attached to an aromatic ring is 1. The molecule has 0 bridgehead atoms. The van der Waals surface area contributed by atoms with Gasteiger partial charge in [0.15, 0.2) is 5.82 Å². The molecular weight excluding hydrogens is 544 g/mol. The number of piperidine rings is 1. The lowest BCUT2D eigenvalue weighted by molar-refractivity contribution is -0.136. The molecule has 0 unspecified atom stereocenters. The van der Waals surface area contributed by atoms with Crippen LogP contribution in [0.25, 0.3) is 21.9 Å². The molecule has 4 aromatic rings. The highest BCUT2D eigenvalue weighted by Crippen LogP contribution is 2.29. The molecule has 5 rings (SSSR count). The Bertz CT molecular complexity index is 1580. The Hall–Kier alpha value is -4.02. The Morgan fingerprint density at radius 1 is 1.05 bits per heavy atom. The van der Waals surface area contributed by atoms with E-state index in [0.717, 1.165) is 52.6 Å². The first-order valence-electron chi connectivity index (χ1n) is 15.3. The van der Waals surface area contributed by atoms with E-state index in [1.165, 1.54) is 0 Å². The molecular formula is C33H42N6O4. The molecule has 4 N–H and O–H groups in total. The number of carbonyl (C=O) groups excluding carboxylic acids is 1. The van der Waals surface area contributed by atoms with Crippen molar-refractivity contribution in [1.82, 2.24) is 24.3 Å². The quantitative estimate of drug-likeness (QED) is 0.214. The molecule has 2 aromatic carbocycles. The molecule has 1 aliphatic heterocycles. The summed E-state index contributed by atoms with van der Waals surface area (Å²) in [5.74, 6) is 0.551. The average Bonchev–Trinajstić information content (AvgIpc) is 3.35. The van der Waals surface area contributed by atoms with E-state index in [0.29, 0.717) is 69.9 Å². The van der Waals surface area contributed by atoms with Gasteiger partial charge in [-0.15, -0.1) is 0 Å². The summed E-state index contributed by atoms with van der Waals surface area (Å²) in [6.07, 6.45) is 4.59. The highest BCUT2D eigenvalue weighted by molar-refractivity contribution is 6.06. The predicted octanol–water partition coefficient (Wildman–Crippen LogP) is 4.01. The van der Waals surface area contributed by atoms with Gasteiger partial charge in [0.05, 0.1) is 30.1 Å². The summed E-state index contributed by atoms with van der Waals surface area (Å²) in [4.78, 5) is 38.5. The van der Waals surface area contributed by atoms with E-state index in [4.69, 9.17) is 10.7 Å². The van der Waals surface area contributed by atoms with Crippen molar-refractivity contribution < 1.29 is 19.8 Å². The molecule has 2 aromatic heterocycles. The van der Waals surface area contributed by atoms with Gasteiger partial charge in [0.1, 0.15) is 11.3 Å². The minimum atomic E-state index is -0.882. The molecule has 43 heavy (non-hydrogen) atoms. The molecule has 1 amide bonds. The Balaban J connectivity index is 1.39. The molecule has 0 saturated carbocycles. The minimum Gasteiger partial charge on any atom is -0.481 e. The molecule has 228 valence electrons. The SMILES string of the molecule is CCCCc1nc2c(N)nc3ccccc3c2n1CCCN(Cc1cccc(CC(=O)O)c1)C(=O)CN1CCC(O)CC1. The molecule has 10 heteroatoms. The van der Waals surface area contributed by atoms with E-state index >= 15 is 0 Å². The fraction of sp³-hybridized carbons (Fsp3) is 0.455. The molecule has 0 radical (unpaired) electrons. The number of aliphatic carboxylic acids is 1. The van der Waals surface area contributed by atoms with Crippen molar-refractivity contribution in [3.63, 3.8) is 0 Å². The Morgan fingerprint density at radius 3 is 2.58 bits per heavy atom. The van der Waals surface area contributed by atoms with Gasteiger partial charge in [0, 0.05) is 44.5 Å². The van der Waals surface area contributed by atoms with Crippen LogP contribution in [0.2, 0.25) is 0 Å². The van der Waals surface area contributed by atoms with Gasteiger partial charge in [0.25, 0.3) is 0 Å². The number of carboxylic acid groups (broad SMARTS) is 1. The molecule has 0 aliphatic carbocycles. The number of carbonyl (C=O) groups is 2. The predicted molar refractivity (Wildman–Crippen MR) is 168 cm³/mol. The van der Waals surface area contributed by atoms with Crippen LogP contribution >= 0.6 is 0 Å². The lowest BCUT2D eigenvalue weighted by Gasteiger charge is -2.31. The number of unbranched alkanes of at least 4 members (excludes halogenated alkanes) is 1. The van der Waals surface area contributed by atoms with Gasteiger partial charge in [-0.2, -0.15) is 0 Å². The van der Waals surface area contributed by atoms with Crippen LogP contribution in [0, 0.1) is 0 Å². The lowest BCUT2D eigenvalue weighted by atomic mass is 10.1. The molecule has 10 nitrogen and oxygen atoms in total. The van der Waals surface area contributed by atoms with Gasteiger partial charge in [-0.25, -0.2) is 9.97 Å². The number of aliphatic hydroxyl groups is 1. The minimum absolute atomic E-state index is 0.0283. The maximum absolute atomic E-state index is 13.7. The summed E-state index contributed by atoms with van der Waals surface area (Å²) in [5, 5.41) is 20.2. The summed E-state index contributed by atoms with van der Waals surface area (Å²) >= 11 is 0. The third-order valence-electron chi connectivity index (χ3n) is 8.24. The molecule has 0 atom stereocenters. The zero-order valence-corrected chi connectivity index (χ0v) is 24.9. The monoisotopic (exact) mass is 586 g/mol. The van der Waals surface area contributed by atoms with Crippen LogP contribution < -0.4 is 5.73 Å². The number of hydrogen-bond acceptors (Lipinski definition) is 7. The first-order valence-corrected chi connectivity index (χ1v) is 15.3. The van der Waals surface area contributed by atoms with Crippen molar-refractivity contribution in [3.05, 3.63) is 65.5 Å². The molecule has 1 fully saturated rings. The van der Waals surface area contributed by atoms with Crippen LogP contribution in [0.5, 0.6) is 0 Å². The van der Waals surface area contributed by atoms with Gasteiger partial charge in [-0.3, -0.25) is 14.5 Å². The summed E-state index contributed by atoms with van der Waals surface area (Å²) in [6.45, 7) is 5.44. The third kappa shape index (κ3) is 7.50. The van der Waals surface area contributed by atoms with Crippen molar-refractivity contribution in [2.75, 3.05) is 31.9 Å². The van der Waals surface area contributed by atoms with Crippen LogP contribution in [0.15, 0.2) is 48.5 Å². The number of imidazole rings is 1. The number of likely N-dealkylation sites (tertiary alicyclic amines) is 1. The molecule has 3 heterocycles. The highest BCUT2D eigenvalue weighted by Gasteiger charge is 2.23. The number of aryl methyl sites for hydroxylation is 2. The summed E-state index contributed by atoms with van der Waals surface area (Å²) in [7, 11) is 0. The van der Waals surface area contributed by atoms with Gasteiger partial charge in [-0.05, 0) is 42.9 Å². The van der Waals surface area contributed by atoms with Crippen LogP contribution in [0.4, 0.5) is 5.82 Å². The summed E-state index contributed by atoms with van der Waals surface area (Å²) < 4.78 is 2.26. The van der Waals surface area contributed by atoms with Gasteiger partial charge < -0.3 is 25.4 Å².